The smallest absolute Gasteiger partial charge is 0.164 e. The Balaban J connectivity index is 0.883. The van der Waals surface area contributed by atoms with Crippen molar-refractivity contribution >= 4 is 11.0 Å². The highest BCUT2D eigenvalue weighted by molar-refractivity contribution is 5.85. The van der Waals surface area contributed by atoms with Crippen molar-refractivity contribution in [2.24, 2.45) is 0 Å². The normalized spacial score (nSPS) is 14.2. The van der Waals surface area contributed by atoms with Gasteiger partial charge in [0, 0.05) is 56.5 Å². The van der Waals surface area contributed by atoms with Crippen molar-refractivity contribution < 1.29 is 0 Å². The lowest BCUT2D eigenvalue weighted by atomic mass is 9.60. The highest BCUT2D eigenvalue weighted by Gasteiger charge is 2.41. The third kappa shape index (κ3) is 6.97. The number of hydrogen-bond donors (Lipinski definition) is 0. The first-order valence-electron chi connectivity index (χ1n) is 24.0. The highest BCUT2D eigenvalue weighted by atomic mass is 15.1. The minimum absolute atomic E-state index is 0.0305. The molecular formula is C64H41N7. The Kier molecular flexibility index (Phi) is 9.52. The maximum absolute atomic E-state index is 5.32. The van der Waals surface area contributed by atoms with Crippen molar-refractivity contribution in [3.8, 4) is 85.1 Å². The Morgan fingerprint density at radius 3 is 1.28 bits per heavy atom. The molecule has 0 N–H and O–H groups in total. The van der Waals surface area contributed by atoms with E-state index >= 15 is 0 Å². The van der Waals surface area contributed by atoms with Crippen LogP contribution < -0.4 is 0 Å². The molecule has 15 rings (SSSR count). The van der Waals surface area contributed by atoms with Crippen molar-refractivity contribution in [3.63, 3.8) is 0 Å². The molecule has 9 aromatic carbocycles. The summed E-state index contributed by atoms with van der Waals surface area (Å²) in [5, 5.41) is 0. The molecule has 3 aliphatic rings. The summed E-state index contributed by atoms with van der Waals surface area (Å²) in [4.78, 5) is 31.0. The maximum Gasteiger partial charge on any atom is 0.164 e. The average Bonchev–Trinajstić information content (AvgIpc) is 3.85. The van der Waals surface area contributed by atoms with Gasteiger partial charge in [0.25, 0.3) is 0 Å². The zero-order valence-electron chi connectivity index (χ0n) is 38.3. The van der Waals surface area contributed by atoms with E-state index in [4.69, 9.17) is 29.9 Å². The SMILES string of the molecule is c1ccc(-c2nc(-c3cccc(-c4nc5ccccc5n4-c4ccccc4)c3)cc(-c3ccc4c(c3)C3c5ccccc5C4c4cc(-c5nc(-c6ccccc6)nc(-c6ccccc6)n5)ccc43)n2)cc1. The molecule has 12 aromatic rings. The van der Waals surface area contributed by atoms with Gasteiger partial charge >= 0.3 is 0 Å². The van der Waals surface area contributed by atoms with E-state index in [0.717, 1.165) is 72.9 Å². The summed E-state index contributed by atoms with van der Waals surface area (Å²) in [6.07, 6.45) is 0. The highest BCUT2D eigenvalue weighted by Crippen LogP contribution is 2.56. The molecule has 7 nitrogen and oxygen atoms in total. The van der Waals surface area contributed by atoms with E-state index in [2.05, 4.69) is 174 Å². The Hall–Kier alpha value is -9.46. The van der Waals surface area contributed by atoms with Crippen molar-refractivity contribution in [2.75, 3.05) is 0 Å². The molecular weight excluding hydrogens is 867 g/mol. The second-order valence-corrected chi connectivity index (χ2v) is 18.2. The summed E-state index contributed by atoms with van der Waals surface area (Å²) >= 11 is 0. The topological polar surface area (TPSA) is 82.3 Å². The number of para-hydroxylation sites is 3. The van der Waals surface area contributed by atoms with Crippen molar-refractivity contribution in [1.82, 2.24) is 34.5 Å². The van der Waals surface area contributed by atoms with Gasteiger partial charge in [-0.05, 0) is 81.9 Å². The molecule has 3 aromatic heterocycles. The number of benzene rings is 9. The van der Waals surface area contributed by atoms with Gasteiger partial charge in [0.2, 0.25) is 0 Å². The molecule has 7 heteroatoms. The van der Waals surface area contributed by atoms with E-state index in [-0.39, 0.29) is 11.8 Å². The molecule has 3 aliphatic carbocycles. The Bertz CT molecular complexity index is 3940. The van der Waals surface area contributed by atoms with Crippen LogP contribution in [0.25, 0.3) is 96.2 Å². The first-order valence-corrected chi connectivity index (χ1v) is 24.0. The molecule has 0 saturated heterocycles. The minimum atomic E-state index is 0.0305. The van der Waals surface area contributed by atoms with Crippen LogP contribution in [0.4, 0.5) is 0 Å². The second kappa shape index (κ2) is 16.6. The molecule has 0 amide bonds. The van der Waals surface area contributed by atoms with Crippen molar-refractivity contribution in [2.45, 2.75) is 11.8 Å². The molecule has 0 fully saturated rings. The van der Waals surface area contributed by atoms with Gasteiger partial charge in [0.05, 0.1) is 22.4 Å². The summed E-state index contributed by atoms with van der Waals surface area (Å²) in [6, 6.07) is 82.8. The first-order chi connectivity index (χ1) is 35.2. The number of nitrogens with zero attached hydrogens (tertiary/aromatic N) is 7. The summed E-state index contributed by atoms with van der Waals surface area (Å²) < 4.78 is 2.24. The van der Waals surface area contributed by atoms with Gasteiger partial charge in [-0.1, -0.05) is 188 Å². The van der Waals surface area contributed by atoms with Crippen LogP contribution in [0.3, 0.4) is 0 Å². The number of hydrogen-bond acceptors (Lipinski definition) is 6. The van der Waals surface area contributed by atoms with Crippen molar-refractivity contribution in [1.29, 1.82) is 0 Å². The Labute approximate surface area is 410 Å². The van der Waals surface area contributed by atoms with E-state index < -0.39 is 0 Å². The summed E-state index contributed by atoms with van der Waals surface area (Å²) in [7, 11) is 0. The van der Waals surface area contributed by atoms with Gasteiger partial charge < -0.3 is 0 Å². The van der Waals surface area contributed by atoms with Crippen LogP contribution in [0, 0.1) is 0 Å². The molecule has 71 heavy (non-hydrogen) atoms. The lowest BCUT2D eigenvalue weighted by molar-refractivity contribution is 0.754. The quantitative estimate of drug-likeness (QED) is 0.151. The third-order valence-corrected chi connectivity index (χ3v) is 14.0. The fourth-order valence-corrected chi connectivity index (χ4v) is 10.8. The van der Waals surface area contributed by atoms with Crippen molar-refractivity contribution in [3.05, 3.63) is 270 Å². The molecule has 0 radical (unpaired) electrons. The fourth-order valence-electron chi connectivity index (χ4n) is 10.8. The number of rotatable bonds is 8. The zero-order valence-corrected chi connectivity index (χ0v) is 38.3. The molecule has 0 spiro atoms. The molecule has 2 unspecified atom stereocenters. The van der Waals surface area contributed by atoms with Gasteiger partial charge in [0.15, 0.2) is 23.3 Å². The van der Waals surface area contributed by atoms with Gasteiger partial charge in [-0.3, -0.25) is 4.57 Å². The summed E-state index contributed by atoms with van der Waals surface area (Å²) in [5.41, 5.74) is 19.5. The fraction of sp³-hybridized carbons (Fsp3) is 0.0312. The van der Waals surface area contributed by atoms with Crippen LogP contribution in [0.5, 0.6) is 0 Å². The molecule has 2 atom stereocenters. The predicted octanol–water partition coefficient (Wildman–Crippen LogP) is 14.7. The van der Waals surface area contributed by atoms with Crippen LogP contribution in [0.1, 0.15) is 45.2 Å². The number of imidazole rings is 1. The molecule has 0 saturated carbocycles. The second-order valence-electron chi connectivity index (χ2n) is 18.2. The molecule has 2 bridgehead atoms. The van der Waals surface area contributed by atoms with E-state index in [0.29, 0.717) is 23.3 Å². The third-order valence-electron chi connectivity index (χ3n) is 14.0. The zero-order chi connectivity index (χ0) is 46.8. The van der Waals surface area contributed by atoms with E-state index in [9.17, 15) is 0 Å². The van der Waals surface area contributed by atoms with Gasteiger partial charge in [-0.2, -0.15) is 0 Å². The van der Waals surface area contributed by atoms with Crippen LogP contribution in [0.15, 0.2) is 237 Å². The summed E-state index contributed by atoms with van der Waals surface area (Å²) in [6.45, 7) is 0. The Morgan fingerprint density at radius 1 is 0.268 bits per heavy atom. The number of fused-ring (bicyclic) bond motifs is 1. The van der Waals surface area contributed by atoms with E-state index in [1.165, 1.54) is 33.4 Å². The van der Waals surface area contributed by atoms with Crippen LogP contribution in [-0.4, -0.2) is 34.5 Å². The van der Waals surface area contributed by atoms with Gasteiger partial charge in [-0.15, -0.1) is 0 Å². The van der Waals surface area contributed by atoms with E-state index in [1.54, 1.807) is 0 Å². The van der Waals surface area contributed by atoms with E-state index in [1.807, 2.05) is 66.7 Å². The van der Waals surface area contributed by atoms with Gasteiger partial charge in [-0.25, -0.2) is 29.9 Å². The van der Waals surface area contributed by atoms with Crippen LogP contribution in [0.2, 0.25) is 0 Å². The standard InChI is InChI=1S/C64H41N7/c1-5-18-40(19-6-1)60-65-55(43-24-17-25-46(36-43)64-67-54-30-15-16-31-57(54)71(64)47-26-11-4-12-27-47)39-56(66-60)44-32-34-50-52(37-44)58-48-28-13-14-29-49(48)59(50)53-38-45(33-35-51(53)58)63-69-61(41-20-7-2-8-21-41)68-62(70-63)42-22-9-3-10-23-42/h1-39,58-59H. The largest absolute Gasteiger partial charge is 0.292 e. The molecule has 0 aliphatic heterocycles. The van der Waals surface area contributed by atoms with Crippen LogP contribution >= 0.6 is 0 Å². The monoisotopic (exact) mass is 907 g/mol. The lowest BCUT2D eigenvalue weighted by Crippen LogP contribution is -2.27. The maximum atomic E-state index is 5.32. The van der Waals surface area contributed by atoms with Gasteiger partial charge in [0.1, 0.15) is 5.82 Å². The predicted molar refractivity (Wildman–Crippen MR) is 283 cm³/mol. The average molecular weight is 908 g/mol. The molecule has 3 heterocycles. The summed E-state index contributed by atoms with van der Waals surface area (Å²) in [5.74, 6) is 3.56. The minimum Gasteiger partial charge on any atom is -0.292 e. The molecule has 332 valence electrons. The number of aromatic nitrogens is 7. The first kappa shape index (κ1) is 40.6. The Morgan fingerprint density at radius 2 is 0.690 bits per heavy atom. The lowest BCUT2D eigenvalue weighted by Gasteiger charge is -2.42. The van der Waals surface area contributed by atoms with Crippen LogP contribution in [-0.2, 0) is 0 Å².